The van der Waals surface area contributed by atoms with E-state index in [1.807, 2.05) is 0 Å². The first-order valence-corrected chi connectivity index (χ1v) is 7.06. The summed E-state index contributed by atoms with van der Waals surface area (Å²) in [6, 6.07) is 4.12. The van der Waals surface area contributed by atoms with Crippen LogP contribution in [0.1, 0.15) is 25.7 Å². The van der Waals surface area contributed by atoms with Gasteiger partial charge in [-0.15, -0.1) is 0 Å². The Labute approximate surface area is 116 Å². The van der Waals surface area contributed by atoms with Gasteiger partial charge in [0.05, 0.1) is 0 Å². The first kappa shape index (κ1) is 12.8. The van der Waals surface area contributed by atoms with Crippen molar-refractivity contribution in [3.63, 3.8) is 0 Å². The van der Waals surface area contributed by atoms with Crippen LogP contribution in [0.25, 0.3) is 0 Å². The Bertz CT molecular complexity index is 486. The molecule has 3 unspecified atom stereocenters. The van der Waals surface area contributed by atoms with Crippen LogP contribution in [0, 0.1) is 23.5 Å². The van der Waals surface area contributed by atoms with Crippen LogP contribution in [0.3, 0.4) is 0 Å². The number of thiocarbonyl (C=S) groups is 1. The average Bonchev–Trinajstić information content (AvgIpc) is 2.96. The lowest BCUT2D eigenvalue weighted by Crippen LogP contribution is -2.41. The Morgan fingerprint density at radius 1 is 1.16 bits per heavy atom. The van der Waals surface area contributed by atoms with Gasteiger partial charge in [0, 0.05) is 6.04 Å². The molecule has 102 valence electrons. The molecule has 3 atom stereocenters. The molecule has 0 heterocycles. The maximum absolute atomic E-state index is 13.5. The van der Waals surface area contributed by atoms with E-state index in [-0.39, 0.29) is 5.69 Å². The van der Waals surface area contributed by atoms with Gasteiger partial charge in [-0.05, 0) is 55.4 Å². The fraction of sp³-hybridized carbons (Fsp3) is 0.500. The number of halogens is 2. The predicted molar refractivity (Wildman–Crippen MR) is 75.0 cm³/mol. The van der Waals surface area contributed by atoms with Gasteiger partial charge in [0.2, 0.25) is 0 Å². The summed E-state index contributed by atoms with van der Waals surface area (Å²) >= 11 is 5.15. The predicted octanol–water partition coefficient (Wildman–Crippen LogP) is 3.44. The molecule has 2 bridgehead atoms. The zero-order valence-corrected chi connectivity index (χ0v) is 11.3. The molecular weight excluding hydrogens is 266 g/mol. The van der Waals surface area contributed by atoms with Gasteiger partial charge >= 0.3 is 0 Å². The minimum absolute atomic E-state index is 0.178. The third-order valence-electron chi connectivity index (χ3n) is 4.26. The molecule has 0 spiro atoms. The lowest BCUT2D eigenvalue weighted by atomic mass is 9.96. The third kappa shape index (κ3) is 2.56. The quantitative estimate of drug-likeness (QED) is 0.813. The molecule has 3 rings (SSSR count). The van der Waals surface area contributed by atoms with E-state index in [1.54, 1.807) is 0 Å². The molecular formula is C14H16F2N2S. The van der Waals surface area contributed by atoms with Crippen LogP contribution in [0.2, 0.25) is 0 Å². The highest BCUT2D eigenvalue weighted by atomic mass is 32.1. The van der Waals surface area contributed by atoms with Crippen LogP contribution >= 0.6 is 12.2 Å². The van der Waals surface area contributed by atoms with Gasteiger partial charge in [-0.25, -0.2) is 8.78 Å². The van der Waals surface area contributed by atoms with E-state index in [9.17, 15) is 8.78 Å². The van der Waals surface area contributed by atoms with E-state index in [0.717, 1.165) is 12.3 Å². The van der Waals surface area contributed by atoms with E-state index in [1.165, 1.54) is 37.5 Å². The van der Waals surface area contributed by atoms with Crippen LogP contribution in [0.4, 0.5) is 14.5 Å². The van der Waals surface area contributed by atoms with Crippen molar-refractivity contribution in [2.24, 2.45) is 11.8 Å². The fourth-order valence-electron chi connectivity index (χ4n) is 3.36. The molecule has 1 aromatic carbocycles. The van der Waals surface area contributed by atoms with Gasteiger partial charge in [0.1, 0.15) is 17.3 Å². The highest BCUT2D eigenvalue weighted by molar-refractivity contribution is 7.80. The lowest BCUT2D eigenvalue weighted by Gasteiger charge is -2.24. The van der Waals surface area contributed by atoms with Gasteiger partial charge in [-0.1, -0.05) is 12.5 Å². The lowest BCUT2D eigenvalue weighted by molar-refractivity contribution is 0.391. The summed E-state index contributed by atoms with van der Waals surface area (Å²) in [4.78, 5) is 0. The maximum Gasteiger partial charge on any atom is 0.171 e. The van der Waals surface area contributed by atoms with Crippen molar-refractivity contribution in [1.82, 2.24) is 5.32 Å². The van der Waals surface area contributed by atoms with E-state index in [4.69, 9.17) is 12.2 Å². The monoisotopic (exact) mass is 282 g/mol. The van der Waals surface area contributed by atoms with Gasteiger partial charge in [0.25, 0.3) is 0 Å². The summed E-state index contributed by atoms with van der Waals surface area (Å²) in [5, 5.41) is 6.14. The highest BCUT2D eigenvalue weighted by Crippen LogP contribution is 2.44. The fourth-order valence-corrected chi connectivity index (χ4v) is 3.61. The van der Waals surface area contributed by atoms with Gasteiger partial charge in [-0.3, -0.25) is 0 Å². The molecule has 2 saturated carbocycles. The SMILES string of the molecule is Fc1cccc(F)c1NC(=S)NC1CC2CCC1C2. The number of nitrogens with one attached hydrogen (secondary N) is 2. The topological polar surface area (TPSA) is 24.1 Å². The second kappa shape index (κ2) is 5.04. The maximum atomic E-state index is 13.5. The van der Waals surface area contributed by atoms with Crippen molar-refractivity contribution >= 4 is 23.0 Å². The summed E-state index contributed by atoms with van der Waals surface area (Å²) < 4.78 is 27.0. The number of para-hydroxylation sites is 1. The van der Waals surface area contributed by atoms with Gasteiger partial charge in [-0.2, -0.15) is 0 Å². The molecule has 19 heavy (non-hydrogen) atoms. The summed E-state index contributed by atoms with van der Waals surface area (Å²) in [6.07, 6.45) is 4.92. The average molecular weight is 282 g/mol. The first-order chi connectivity index (χ1) is 9.13. The van der Waals surface area contributed by atoms with Crippen molar-refractivity contribution in [2.75, 3.05) is 5.32 Å². The number of anilines is 1. The molecule has 2 nitrogen and oxygen atoms in total. The summed E-state index contributed by atoms with van der Waals surface area (Å²) in [5.74, 6) is 0.208. The Morgan fingerprint density at radius 2 is 1.89 bits per heavy atom. The van der Waals surface area contributed by atoms with Crippen molar-refractivity contribution in [3.8, 4) is 0 Å². The minimum atomic E-state index is -0.628. The molecule has 5 heteroatoms. The number of benzene rings is 1. The van der Waals surface area contributed by atoms with Crippen molar-refractivity contribution in [2.45, 2.75) is 31.7 Å². The van der Waals surface area contributed by atoms with Gasteiger partial charge in [0.15, 0.2) is 5.11 Å². The molecule has 2 aliphatic rings. The molecule has 1 aromatic rings. The summed E-state index contributed by atoms with van der Waals surface area (Å²) in [5.41, 5.74) is -0.178. The standard InChI is InChI=1S/C14H16F2N2S/c15-10-2-1-3-11(16)13(10)18-14(19)17-12-7-8-4-5-9(12)6-8/h1-3,8-9,12H,4-7H2,(H2,17,18,19). The zero-order valence-electron chi connectivity index (χ0n) is 10.5. The Morgan fingerprint density at radius 3 is 2.47 bits per heavy atom. The zero-order chi connectivity index (χ0) is 13.4. The second-order valence-electron chi connectivity index (χ2n) is 5.48. The largest absolute Gasteiger partial charge is 0.359 e. The van der Waals surface area contributed by atoms with Crippen LogP contribution in [-0.4, -0.2) is 11.2 Å². The van der Waals surface area contributed by atoms with E-state index >= 15 is 0 Å². The molecule has 0 amide bonds. The number of hydrogen-bond donors (Lipinski definition) is 2. The molecule has 2 N–H and O–H groups in total. The number of rotatable bonds is 2. The van der Waals surface area contributed by atoms with Crippen molar-refractivity contribution in [3.05, 3.63) is 29.8 Å². The van der Waals surface area contributed by atoms with Crippen LogP contribution in [0.5, 0.6) is 0 Å². The highest BCUT2D eigenvalue weighted by Gasteiger charge is 2.39. The van der Waals surface area contributed by atoms with E-state index in [2.05, 4.69) is 10.6 Å². The third-order valence-corrected chi connectivity index (χ3v) is 4.48. The normalized spacial score (nSPS) is 28.4. The number of hydrogen-bond acceptors (Lipinski definition) is 1. The van der Waals surface area contributed by atoms with E-state index < -0.39 is 11.6 Å². The molecule has 0 saturated heterocycles. The first-order valence-electron chi connectivity index (χ1n) is 6.65. The smallest absolute Gasteiger partial charge is 0.171 e. The molecule has 2 fully saturated rings. The summed E-state index contributed by atoms with van der Waals surface area (Å²) in [7, 11) is 0. The van der Waals surface area contributed by atoms with Crippen LogP contribution in [-0.2, 0) is 0 Å². The summed E-state index contributed by atoms with van der Waals surface area (Å²) in [6.45, 7) is 0. The Kier molecular flexibility index (Phi) is 3.39. The Balaban J connectivity index is 1.62. The minimum Gasteiger partial charge on any atom is -0.359 e. The molecule has 0 aliphatic heterocycles. The van der Waals surface area contributed by atoms with Crippen LogP contribution in [0.15, 0.2) is 18.2 Å². The van der Waals surface area contributed by atoms with Crippen LogP contribution < -0.4 is 10.6 Å². The van der Waals surface area contributed by atoms with E-state index in [0.29, 0.717) is 17.1 Å². The second-order valence-corrected chi connectivity index (χ2v) is 5.88. The Hall–Kier alpha value is -1.23. The number of fused-ring (bicyclic) bond motifs is 2. The van der Waals surface area contributed by atoms with Crippen molar-refractivity contribution < 1.29 is 8.78 Å². The van der Waals surface area contributed by atoms with Gasteiger partial charge < -0.3 is 10.6 Å². The molecule has 0 aromatic heterocycles. The molecule has 0 radical (unpaired) electrons. The van der Waals surface area contributed by atoms with Crippen molar-refractivity contribution in [1.29, 1.82) is 0 Å². The molecule has 2 aliphatic carbocycles.